The zero-order chi connectivity index (χ0) is 23.8. The van der Waals surface area contributed by atoms with Gasteiger partial charge in [0.2, 0.25) is 0 Å². The monoisotopic (exact) mass is 472 g/mol. The second-order valence-corrected chi connectivity index (χ2v) is 8.73. The average molecular weight is 473 g/mol. The molecular weight excluding hydrogens is 447 g/mol. The summed E-state index contributed by atoms with van der Waals surface area (Å²) in [6, 6.07) is 17.8. The van der Waals surface area contributed by atoms with Gasteiger partial charge in [-0.3, -0.25) is 9.52 Å². The number of anilines is 2. The summed E-state index contributed by atoms with van der Waals surface area (Å²) in [5.41, 5.74) is 0.820. The van der Waals surface area contributed by atoms with E-state index in [2.05, 4.69) is 10.0 Å². The zero-order valence-electron chi connectivity index (χ0n) is 18.2. The minimum absolute atomic E-state index is 0.0454. The summed E-state index contributed by atoms with van der Waals surface area (Å²) in [5.74, 6) is 0.228. The number of benzene rings is 3. The molecule has 0 aliphatic rings. The van der Waals surface area contributed by atoms with Crippen LogP contribution in [0.5, 0.6) is 11.5 Å². The molecule has 2 N–H and O–H groups in total. The summed E-state index contributed by atoms with van der Waals surface area (Å²) >= 11 is 0. The molecule has 0 aliphatic heterocycles. The van der Waals surface area contributed by atoms with Crippen LogP contribution in [0.2, 0.25) is 0 Å². The predicted octanol–water partition coefficient (Wildman–Crippen LogP) is 4.82. The summed E-state index contributed by atoms with van der Waals surface area (Å²) in [6.45, 7) is 4.17. The Balaban J connectivity index is 1.63. The first-order chi connectivity index (χ1) is 15.8. The highest BCUT2D eigenvalue weighted by Crippen LogP contribution is 2.21. The molecule has 0 radical (unpaired) electrons. The molecule has 7 nitrogen and oxygen atoms in total. The number of ether oxygens (including phenoxy) is 2. The maximum atomic E-state index is 13.0. The Bertz CT molecular complexity index is 1160. The summed E-state index contributed by atoms with van der Waals surface area (Å²) in [4.78, 5) is 12.6. The predicted molar refractivity (Wildman–Crippen MR) is 125 cm³/mol. The number of amides is 1. The third kappa shape index (κ3) is 6.69. The fraction of sp³-hybridized carbons (Fsp3) is 0.208. The van der Waals surface area contributed by atoms with Crippen LogP contribution < -0.4 is 19.5 Å². The minimum Gasteiger partial charge on any atom is -0.494 e. The van der Waals surface area contributed by atoms with Crippen LogP contribution in [0.3, 0.4) is 0 Å². The van der Waals surface area contributed by atoms with Gasteiger partial charge in [0.25, 0.3) is 15.9 Å². The number of carbonyl (C=O) groups is 1. The van der Waals surface area contributed by atoms with Crippen LogP contribution >= 0.6 is 0 Å². The van der Waals surface area contributed by atoms with Crippen molar-refractivity contribution in [1.29, 1.82) is 0 Å². The number of carbonyl (C=O) groups excluding carboxylic acids is 1. The molecule has 0 spiro atoms. The Morgan fingerprint density at radius 1 is 0.879 bits per heavy atom. The lowest BCUT2D eigenvalue weighted by Crippen LogP contribution is -2.32. The van der Waals surface area contributed by atoms with Crippen molar-refractivity contribution in [1.82, 2.24) is 0 Å². The van der Waals surface area contributed by atoms with Gasteiger partial charge in [-0.15, -0.1) is 0 Å². The molecule has 0 fully saturated rings. The molecule has 3 aromatic carbocycles. The molecule has 0 saturated heterocycles. The van der Waals surface area contributed by atoms with Crippen LogP contribution in [0, 0.1) is 5.82 Å². The summed E-state index contributed by atoms with van der Waals surface area (Å²) in [5, 5.41) is 2.70. The lowest BCUT2D eigenvalue weighted by Gasteiger charge is -2.17. The van der Waals surface area contributed by atoms with Crippen molar-refractivity contribution < 1.29 is 27.1 Å². The fourth-order valence-electron chi connectivity index (χ4n) is 2.94. The topological polar surface area (TPSA) is 93.7 Å². The summed E-state index contributed by atoms with van der Waals surface area (Å²) in [6.07, 6.45) is -0.401. The largest absolute Gasteiger partial charge is 0.494 e. The van der Waals surface area contributed by atoms with E-state index < -0.39 is 27.9 Å². The number of nitrogens with one attached hydrogen (secondary N) is 2. The SMILES string of the molecule is CCOc1ccc(NS(=O)(=O)c2ccc(NC(=O)[C@@H](CC)Oc3ccc(F)cc3)cc2)cc1. The Hall–Kier alpha value is -3.59. The third-order valence-corrected chi connectivity index (χ3v) is 6.00. The van der Waals surface area contributed by atoms with Crippen LogP contribution in [-0.2, 0) is 14.8 Å². The van der Waals surface area contributed by atoms with E-state index >= 15 is 0 Å². The first-order valence-corrected chi connectivity index (χ1v) is 11.9. The first-order valence-electron chi connectivity index (χ1n) is 10.4. The number of hydrogen-bond donors (Lipinski definition) is 2. The zero-order valence-corrected chi connectivity index (χ0v) is 19.1. The van der Waals surface area contributed by atoms with Gasteiger partial charge >= 0.3 is 0 Å². The molecule has 174 valence electrons. The van der Waals surface area contributed by atoms with Gasteiger partial charge in [0.05, 0.1) is 11.5 Å². The van der Waals surface area contributed by atoms with Gasteiger partial charge in [0, 0.05) is 11.4 Å². The Labute approximate surface area is 192 Å². The van der Waals surface area contributed by atoms with Gasteiger partial charge in [0.1, 0.15) is 17.3 Å². The van der Waals surface area contributed by atoms with E-state index in [0.717, 1.165) is 0 Å². The Kier molecular flexibility index (Phi) is 7.89. The van der Waals surface area contributed by atoms with Crippen molar-refractivity contribution in [3.63, 3.8) is 0 Å². The molecule has 3 rings (SSSR count). The Morgan fingerprint density at radius 3 is 2.03 bits per heavy atom. The van der Waals surface area contributed by atoms with Crippen LogP contribution in [0.1, 0.15) is 20.3 Å². The van der Waals surface area contributed by atoms with Crippen molar-refractivity contribution in [2.24, 2.45) is 0 Å². The van der Waals surface area contributed by atoms with Crippen molar-refractivity contribution in [3.8, 4) is 11.5 Å². The fourth-order valence-corrected chi connectivity index (χ4v) is 4.00. The van der Waals surface area contributed by atoms with Gasteiger partial charge < -0.3 is 14.8 Å². The van der Waals surface area contributed by atoms with E-state index in [1.165, 1.54) is 48.5 Å². The van der Waals surface area contributed by atoms with E-state index in [4.69, 9.17) is 9.47 Å². The highest BCUT2D eigenvalue weighted by atomic mass is 32.2. The van der Waals surface area contributed by atoms with E-state index in [-0.39, 0.29) is 4.90 Å². The van der Waals surface area contributed by atoms with Gasteiger partial charge in [0.15, 0.2) is 6.10 Å². The normalized spacial score (nSPS) is 12.0. The molecule has 0 heterocycles. The molecule has 0 aliphatic carbocycles. The van der Waals surface area contributed by atoms with Gasteiger partial charge in [-0.2, -0.15) is 0 Å². The second-order valence-electron chi connectivity index (χ2n) is 7.05. The van der Waals surface area contributed by atoms with Crippen LogP contribution in [-0.4, -0.2) is 27.0 Å². The molecule has 0 bridgehead atoms. The smallest absolute Gasteiger partial charge is 0.265 e. The number of halogens is 1. The molecule has 33 heavy (non-hydrogen) atoms. The first kappa shape index (κ1) is 24.1. The molecule has 0 aromatic heterocycles. The lowest BCUT2D eigenvalue weighted by atomic mass is 10.2. The van der Waals surface area contributed by atoms with E-state index in [1.807, 2.05) is 6.92 Å². The number of rotatable bonds is 10. The molecule has 0 saturated carbocycles. The number of hydrogen-bond acceptors (Lipinski definition) is 5. The maximum absolute atomic E-state index is 13.0. The Morgan fingerprint density at radius 2 is 1.45 bits per heavy atom. The maximum Gasteiger partial charge on any atom is 0.265 e. The molecule has 0 unspecified atom stereocenters. The molecule has 9 heteroatoms. The van der Waals surface area contributed by atoms with Crippen molar-refractivity contribution >= 4 is 27.3 Å². The van der Waals surface area contributed by atoms with Gasteiger partial charge in [-0.25, -0.2) is 12.8 Å². The van der Waals surface area contributed by atoms with Gasteiger partial charge in [-0.05, 0) is 86.1 Å². The highest BCUT2D eigenvalue weighted by Gasteiger charge is 2.19. The van der Waals surface area contributed by atoms with Crippen LogP contribution in [0.4, 0.5) is 15.8 Å². The summed E-state index contributed by atoms with van der Waals surface area (Å²) < 4.78 is 51.8. The average Bonchev–Trinajstić information content (AvgIpc) is 2.80. The molecular formula is C24H25FN2O5S. The van der Waals surface area contributed by atoms with E-state index in [9.17, 15) is 17.6 Å². The molecule has 1 atom stereocenters. The standard InChI is InChI=1S/C24H25FN2O5S/c1-3-23(32-21-11-5-17(25)6-12-21)24(28)26-18-9-15-22(16-10-18)33(29,30)27-19-7-13-20(14-8-19)31-4-2/h5-16,23,27H,3-4H2,1-2H3,(H,26,28)/t23-/m1/s1. The van der Waals surface area contributed by atoms with Crippen molar-refractivity contribution in [2.45, 2.75) is 31.3 Å². The van der Waals surface area contributed by atoms with Crippen molar-refractivity contribution in [2.75, 3.05) is 16.6 Å². The lowest BCUT2D eigenvalue weighted by molar-refractivity contribution is -0.122. The van der Waals surface area contributed by atoms with E-state index in [0.29, 0.717) is 35.9 Å². The quantitative estimate of drug-likeness (QED) is 0.441. The van der Waals surface area contributed by atoms with Crippen LogP contribution in [0.25, 0.3) is 0 Å². The number of sulfonamides is 1. The van der Waals surface area contributed by atoms with E-state index in [1.54, 1.807) is 31.2 Å². The summed E-state index contributed by atoms with van der Waals surface area (Å²) in [7, 11) is -3.81. The molecule has 3 aromatic rings. The van der Waals surface area contributed by atoms with Crippen LogP contribution in [0.15, 0.2) is 77.7 Å². The highest BCUT2D eigenvalue weighted by molar-refractivity contribution is 7.92. The minimum atomic E-state index is -3.81. The van der Waals surface area contributed by atoms with Gasteiger partial charge in [-0.1, -0.05) is 6.92 Å². The van der Waals surface area contributed by atoms with Crippen molar-refractivity contribution in [3.05, 3.63) is 78.6 Å². The second kappa shape index (κ2) is 10.8. The molecule has 1 amide bonds. The third-order valence-electron chi connectivity index (χ3n) is 4.60.